The number of carbonyl (C=O) groups is 2. The highest BCUT2D eigenvalue weighted by molar-refractivity contribution is 7.92. The number of nitrogens with zero attached hydrogens (tertiary/aromatic N) is 1. The summed E-state index contributed by atoms with van der Waals surface area (Å²) in [6.45, 7) is 0.138. The summed E-state index contributed by atoms with van der Waals surface area (Å²) in [7, 11) is -4.12. The van der Waals surface area contributed by atoms with Crippen molar-refractivity contribution in [1.82, 2.24) is 0 Å². The summed E-state index contributed by atoms with van der Waals surface area (Å²) in [6, 6.07) is 13.5. The highest BCUT2D eigenvalue weighted by Crippen LogP contribution is 2.39. The predicted octanol–water partition coefficient (Wildman–Crippen LogP) is 7.75. The van der Waals surface area contributed by atoms with Gasteiger partial charge < -0.3 is 10.4 Å². The Morgan fingerprint density at radius 2 is 1.49 bits per heavy atom. The average molecular weight is 669 g/mol. The van der Waals surface area contributed by atoms with Crippen LogP contribution < -0.4 is 9.62 Å². The molecule has 0 saturated heterocycles. The van der Waals surface area contributed by atoms with E-state index < -0.39 is 56.5 Å². The third-order valence-electron chi connectivity index (χ3n) is 7.00. The van der Waals surface area contributed by atoms with Crippen molar-refractivity contribution in [3.05, 3.63) is 112 Å². The van der Waals surface area contributed by atoms with Gasteiger partial charge in [-0.3, -0.25) is 9.10 Å². The first kappa shape index (κ1) is 31.9. The molecule has 45 heavy (non-hydrogen) atoms. The molecule has 0 fully saturated rings. The van der Waals surface area contributed by atoms with Crippen LogP contribution in [0, 0.1) is 0 Å². The van der Waals surface area contributed by atoms with Gasteiger partial charge in [0.05, 0.1) is 33.0 Å². The molecule has 5 rings (SSSR count). The first-order valence-corrected chi connectivity index (χ1v) is 14.7. The summed E-state index contributed by atoms with van der Waals surface area (Å²) >= 11 is 6.01. The highest BCUT2D eigenvalue weighted by atomic mass is 35.5. The molecule has 1 aliphatic rings. The fourth-order valence-electron chi connectivity index (χ4n) is 4.84. The van der Waals surface area contributed by atoms with Crippen molar-refractivity contribution >= 4 is 44.9 Å². The number of fused-ring (bicyclic) bond motifs is 1. The number of aromatic carboxylic acids is 1. The minimum atomic E-state index is -5.12. The number of hydrogen-bond acceptors (Lipinski definition) is 4. The number of carbonyl (C=O) groups excluding carboxylic acids is 1. The Kier molecular flexibility index (Phi) is 8.08. The normalized spacial score (nSPS) is 13.4. The number of carboxylic acids is 1. The largest absolute Gasteiger partial charge is 0.478 e. The third kappa shape index (κ3) is 6.47. The number of carboxylic acid groups (broad SMARTS) is 1. The van der Waals surface area contributed by atoms with E-state index in [1.54, 1.807) is 18.2 Å². The molecule has 0 aromatic heterocycles. The lowest BCUT2D eigenvalue weighted by atomic mass is 9.97. The second-order valence-corrected chi connectivity index (χ2v) is 12.2. The third-order valence-corrected chi connectivity index (χ3v) is 9.04. The van der Waals surface area contributed by atoms with Gasteiger partial charge in [0.15, 0.2) is 0 Å². The van der Waals surface area contributed by atoms with Crippen LogP contribution in [0.2, 0.25) is 5.02 Å². The van der Waals surface area contributed by atoms with E-state index >= 15 is 0 Å². The van der Waals surface area contributed by atoms with E-state index in [1.165, 1.54) is 22.5 Å². The number of hydrogen-bond donors (Lipinski definition) is 2. The molecule has 0 bridgehead atoms. The van der Waals surface area contributed by atoms with Crippen molar-refractivity contribution in [3.8, 4) is 11.1 Å². The lowest BCUT2D eigenvalue weighted by Crippen LogP contribution is -2.29. The maximum absolute atomic E-state index is 13.4. The second-order valence-electron chi connectivity index (χ2n) is 9.94. The summed E-state index contributed by atoms with van der Waals surface area (Å²) < 4.78 is 108. The van der Waals surface area contributed by atoms with Crippen molar-refractivity contribution < 1.29 is 49.5 Å². The van der Waals surface area contributed by atoms with Crippen LogP contribution in [0.3, 0.4) is 0 Å². The first-order valence-electron chi connectivity index (χ1n) is 12.8. The molecule has 0 unspecified atom stereocenters. The van der Waals surface area contributed by atoms with Gasteiger partial charge in [0.1, 0.15) is 0 Å². The van der Waals surface area contributed by atoms with Crippen LogP contribution in [0.5, 0.6) is 0 Å². The lowest BCUT2D eigenvalue weighted by molar-refractivity contribution is -0.143. The zero-order valence-electron chi connectivity index (χ0n) is 22.5. The van der Waals surface area contributed by atoms with Crippen LogP contribution in [0.4, 0.5) is 37.7 Å². The molecule has 4 aromatic carbocycles. The Hall–Kier alpha value is -4.56. The van der Waals surface area contributed by atoms with E-state index in [1.807, 2.05) is 0 Å². The smallest absolute Gasteiger partial charge is 0.416 e. The van der Waals surface area contributed by atoms with E-state index in [0.29, 0.717) is 29.3 Å². The van der Waals surface area contributed by atoms with Crippen molar-refractivity contribution in [1.29, 1.82) is 0 Å². The molecular weight excluding hydrogens is 650 g/mol. The van der Waals surface area contributed by atoms with Crippen molar-refractivity contribution in [2.75, 3.05) is 16.2 Å². The standard InChI is InChI=1S/C30H19ClF6N2O5S/c31-22-5-7-26-17(12-22)8-9-39(26)45(43,44)23-3-1-2-18(13-23)27(40)38-25-6-4-16(14-24(25)28(41)42)19-10-20(29(32,33)34)15-21(11-19)30(35,36)37/h1-7,10-15H,8-9H2,(H,38,40)(H,41,42). The number of rotatable bonds is 6. The number of halogens is 7. The molecule has 15 heteroatoms. The summed E-state index contributed by atoms with van der Waals surface area (Å²) in [5.74, 6) is -2.56. The zero-order valence-corrected chi connectivity index (χ0v) is 24.1. The van der Waals surface area contributed by atoms with Gasteiger partial charge in [-0.05, 0) is 89.8 Å². The van der Waals surface area contributed by atoms with Crippen LogP contribution >= 0.6 is 11.6 Å². The Morgan fingerprint density at radius 1 is 0.822 bits per heavy atom. The predicted molar refractivity (Wildman–Crippen MR) is 153 cm³/mol. The molecule has 1 heterocycles. The van der Waals surface area contributed by atoms with Gasteiger partial charge in [-0.25, -0.2) is 13.2 Å². The molecule has 234 valence electrons. The van der Waals surface area contributed by atoms with Crippen LogP contribution in [-0.4, -0.2) is 31.9 Å². The first-order chi connectivity index (χ1) is 20.9. The van der Waals surface area contributed by atoms with Crippen molar-refractivity contribution in [3.63, 3.8) is 0 Å². The zero-order chi connectivity index (χ0) is 32.9. The van der Waals surface area contributed by atoms with E-state index in [0.717, 1.165) is 29.8 Å². The molecule has 1 aliphatic heterocycles. The van der Waals surface area contributed by atoms with Gasteiger partial charge in [-0.1, -0.05) is 23.7 Å². The minimum Gasteiger partial charge on any atom is -0.478 e. The monoisotopic (exact) mass is 668 g/mol. The quantitative estimate of drug-likeness (QED) is 0.205. The van der Waals surface area contributed by atoms with E-state index in [2.05, 4.69) is 5.32 Å². The Balaban J connectivity index is 1.45. The highest BCUT2D eigenvalue weighted by Gasteiger charge is 2.37. The van der Waals surface area contributed by atoms with Gasteiger partial charge in [0.2, 0.25) is 0 Å². The van der Waals surface area contributed by atoms with Gasteiger partial charge in [-0.15, -0.1) is 0 Å². The number of sulfonamides is 1. The van der Waals surface area contributed by atoms with Crippen LogP contribution in [0.25, 0.3) is 11.1 Å². The van der Waals surface area contributed by atoms with E-state index in [9.17, 15) is 49.5 Å². The summed E-state index contributed by atoms with van der Waals surface area (Å²) in [5.41, 5.74) is -3.99. The van der Waals surface area contributed by atoms with Crippen molar-refractivity contribution in [2.45, 2.75) is 23.7 Å². The molecule has 7 nitrogen and oxygen atoms in total. The van der Waals surface area contributed by atoms with Crippen molar-refractivity contribution in [2.24, 2.45) is 0 Å². The fraction of sp³-hybridized carbons (Fsp3) is 0.133. The molecule has 4 aromatic rings. The van der Waals surface area contributed by atoms with Gasteiger partial charge >= 0.3 is 18.3 Å². The Labute approximate surface area is 256 Å². The number of amides is 1. The van der Waals surface area contributed by atoms with E-state index in [4.69, 9.17) is 11.6 Å². The molecule has 2 N–H and O–H groups in total. The molecule has 0 atom stereocenters. The number of alkyl halides is 6. The SMILES string of the molecule is O=C(Nc1ccc(-c2cc(C(F)(F)F)cc(C(F)(F)F)c2)cc1C(=O)O)c1cccc(S(=O)(=O)N2CCc3cc(Cl)ccc32)c1. The maximum Gasteiger partial charge on any atom is 0.416 e. The molecule has 0 spiro atoms. The Morgan fingerprint density at radius 3 is 2.11 bits per heavy atom. The topological polar surface area (TPSA) is 104 Å². The lowest BCUT2D eigenvalue weighted by Gasteiger charge is -2.20. The molecular formula is C30H19ClF6N2O5S. The summed E-state index contributed by atoms with van der Waals surface area (Å²) in [5, 5.41) is 12.5. The summed E-state index contributed by atoms with van der Waals surface area (Å²) in [6.07, 6.45) is -9.82. The molecule has 0 saturated carbocycles. The van der Waals surface area contributed by atoms with Crippen LogP contribution in [-0.2, 0) is 28.8 Å². The molecule has 0 aliphatic carbocycles. The molecule has 1 amide bonds. The summed E-state index contributed by atoms with van der Waals surface area (Å²) in [4.78, 5) is 24.9. The minimum absolute atomic E-state index is 0.0530. The second kappa shape index (κ2) is 11.4. The number of benzene rings is 4. The van der Waals surface area contributed by atoms with Gasteiger partial charge in [-0.2, -0.15) is 26.3 Å². The average Bonchev–Trinajstić information content (AvgIpc) is 3.40. The van der Waals surface area contributed by atoms with Gasteiger partial charge in [0.25, 0.3) is 15.9 Å². The maximum atomic E-state index is 13.4. The molecule has 0 radical (unpaired) electrons. The van der Waals surface area contributed by atoms with Gasteiger partial charge in [0, 0.05) is 17.1 Å². The van der Waals surface area contributed by atoms with Crippen LogP contribution in [0.15, 0.2) is 83.8 Å². The number of anilines is 2. The van der Waals surface area contributed by atoms with E-state index in [-0.39, 0.29) is 34.3 Å². The number of nitrogens with one attached hydrogen (secondary N) is 1. The fourth-order valence-corrected chi connectivity index (χ4v) is 6.58. The van der Waals surface area contributed by atoms with Crippen LogP contribution in [0.1, 0.15) is 37.4 Å². The Bertz CT molecular complexity index is 1930.